The number of aromatic nitrogens is 1. The second-order valence-electron chi connectivity index (χ2n) is 5.52. The highest BCUT2D eigenvalue weighted by Crippen LogP contribution is 2.20. The zero-order valence-corrected chi connectivity index (χ0v) is 11.3. The van der Waals surface area contributed by atoms with E-state index in [9.17, 15) is 4.79 Å². The van der Waals surface area contributed by atoms with Crippen LogP contribution >= 0.6 is 0 Å². The van der Waals surface area contributed by atoms with Gasteiger partial charge in [0.1, 0.15) is 0 Å². The zero-order valence-electron chi connectivity index (χ0n) is 11.3. The van der Waals surface area contributed by atoms with Gasteiger partial charge in [-0.2, -0.15) is 0 Å². The molecular formula is C14H23N3O. The lowest BCUT2D eigenvalue weighted by molar-refractivity contribution is 0.120. The summed E-state index contributed by atoms with van der Waals surface area (Å²) in [7, 11) is 0. The van der Waals surface area contributed by atoms with Crippen LogP contribution in [0.4, 0.5) is 5.69 Å². The minimum Gasteiger partial charge on any atom is -0.398 e. The Morgan fingerprint density at radius 2 is 2.06 bits per heavy atom. The molecule has 0 amide bonds. The number of likely N-dealkylation sites (tertiary alicyclic amines) is 1. The minimum atomic E-state index is 0.0295. The lowest BCUT2D eigenvalue weighted by Gasteiger charge is -2.36. The maximum atomic E-state index is 11.7. The second-order valence-corrected chi connectivity index (χ2v) is 5.52. The Labute approximate surface area is 108 Å². The molecule has 4 nitrogen and oxygen atoms in total. The maximum absolute atomic E-state index is 11.7. The van der Waals surface area contributed by atoms with Gasteiger partial charge in [-0.15, -0.1) is 0 Å². The highest BCUT2D eigenvalue weighted by Gasteiger charge is 2.22. The summed E-state index contributed by atoms with van der Waals surface area (Å²) in [5.41, 5.74) is 6.39. The van der Waals surface area contributed by atoms with Crippen LogP contribution in [0.15, 0.2) is 23.1 Å². The average molecular weight is 249 g/mol. The molecule has 2 N–H and O–H groups in total. The van der Waals surface area contributed by atoms with Gasteiger partial charge in [0, 0.05) is 43.6 Å². The largest absolute Gasteiger partial charge is 0.398 e. The van der Waals surface area contributed by atoms with Gasteiger partial charge in [0.25, 0.3) is 5.56 Å². The van der Waals surface area contributed by atoms with Gasteiger partial charge >= 0.3 is 0 Å². The van der Waals surface area contributed by atoms with Crippen molar-refractivity contribution in [3.63, 3.8) is 0 Å². The molecule has 2 unspecified atom stereocenters. The normalized spacial score (nSPS) is 25.2. The molecule has 2 atom stereocenters. The highest BCUT2D eigenvalue weighted by atomic mass is 16.1. The number of hydrogen-bond acceptors (Lipinski definition) is 3. The van der Waals surface area contributed by atoms with Crippen molar-refractivity contribution in [3.05, 3.63) is 28.7 Å². The predicted octanol–water partition coefficient (Wildman–Crippen LogP) is 1.55. The monoisotopic (exact) mass is 249 g/mol. The van der Waals surface area contributed by atoms with E-state index in [-0.39, 0.29) is 5.56 Å². The van der Waals surface area contributed by atoms with Crippen LogP contribution in [-0.2, 0) is 6.54 Å². The van der Waals surface area contributed by atoms with Gasteiger partial charge in [-0.25, -0.2) is 0 Å². The number of pyridine rings is 1. The molecule has 0 radical (unpaired) electrons. The van der Waals surface area contributed by atoms with Crippen molar-refractivity contribution >= 4 is 5.69 Å². The van der Waals surface area contributed by atoms with Crippen molar-refractivity contribution in [1.29, 1.82) is 0 Å². The van der Waals surface area contributed by atoms with Gasteiger partial charge in [-0.05, 0) is 31.7 Å². The number of piperidine rings is 1. The first-order valence-electron chi connectivity index (χ1n) is 6.76. The van der Waals surface area contributed by atoms with Crippen LogP contribution in [0.2, 0.25) is 0 Å². The van der Waals surface area contributed by atoms with Crippen molar-refractivity contribution in [2.75, 3.05) is 18.8 Å². The molecule has 0 spiro atoms. The third kappa shape index (κ3) is 3.13. The van der Waals surface area contributed by atoms with Gasteiger partial charge in [-0.3, -0.25) is 9.69 Å². The summed E-state index contributed by atoms with van der Waals surface area (Å²) in [6, 6.07) is 3.82. The number of anilines is 1. The molecule has 1 aliphatic rings. The van der Waals surface area contributed by atoms with E-state index >= 15 is 0 Å². The predicted molar refractivity (Wildman–Crippen MR) is 74.5 cm³/mol. The Balaban J connectivity index is 1.98. The van der Waals surface area contributed by atoms with E-state index in [2.05, 4.69) is 18.7 Å². The molecule has 4 heteroatoms. The lowest BCUT2D eigenvalue weighted by atomic mass is 9.95. The molecule has 0 aliphatic carbocycles. The molecule has 1 saturated heterocycles. The van der Waals surface area contributed by atoms with Gasteiger partial charge in [0.15, 0.2) is 0 Å². The second kappa shape index (κ2) is 5.57. The number of nitrogens with two attached hydrogens (primary N) is 1. The van der Waals surface area contributed by atoms with Crippen molar-refractivity contribution in [3.8, 4) is 0 Å². The van der Waals surface area contributed by atoms with Gasteiger partial charge in [-0.1, -0.05) is 6.92 Å². The van der Waals surface area contributed by atoms with Crippen LogP contribution in [-0.4, -0.2) is 28.6 Å². The molecule has 0 bridgehead atoms. The summed E-state index contributed by atoms with van der Waals surface area (Å²) >= 11 is 0. The summed E-state index contributed by atoms with van der Waals surface area (Å²) in [5, 5.41) is 0. The summed E-state index contributed by atoms with van der Waals surface area (Å²) in [5.74, 6) is 0.763. The molecule has 100 valence electrons. The van der Waals surface area contributed by atoms with E-state index < -0.39 is 0 Å². The quantitative estimate of drug-likeness (QED) is 0.884. The van der Waals surface area contributed by atoms with Crippen LogP contribution < -0.4 is 11.3 Å². The number of nitrogens with zero attached hydrogens (tertiary/aromatic N) is 2. The lowest BCUT2D eigenvalue weighted by Crippen LogP contribution is -2.43. The fourth-order valence-corrected chi connectivity index (χ4v) is 2.65. The number of hydrogen-bond donors (Lipinski definition) is 1. The van der Waals surface area contributed by atoms with Crippen molar-refractivity contribution in [2.45, 2.75) is 39.3 Å². The van der Waals surface area contributed by atoms with Crippen molar-refractivity contribution in [2.24, 2.45) is 5.92 Å². The highest BCUT2D eigenvalue weighted by molar-refractivity contribution is 5.33. The average Bonchev–Trinajstić information content (AvgIpc) is 2.34. The Bertz CT molecular complexity index is 455. The Kier molecular flexibility index (Phi) is 4.07. The molecular weight excluding hydrogens is 226 g/mol. The fourth-order valence-electron chi connectivity index (χ4n) is 2.65. The molecule has 18 heavy (non-hydrogen) atoms. The molecule has 0 aromatic carbocycles. The van der Waals surface area contributed by atoms with E-state index in [4.69, 9.17) is 5.73 Å². The van der Waals surface area contributed by atoms with Crippen molar-refractivity contribution in [1.82, 2.24) is 9.47 Å². The molecule has 2 heterocycles. The minimum absolute atomic E-state index is 0.0295. The van der Waals surface area contributed by atoms with Gasteiger partial charge in [0.05, 0.1) is 0 Å². The third-order valence-corrected chi connectivity index (χ3v) is 3.88. The summed E-state index contributed by atoms with van der Waals surface area (Å²) in [6.07, 6.45) is 4.31. The summed E-state index contributed by atoms with van der Waals surface area (Å²) in [6.45, 7) is 7.35. The summed E-state index contributed by atoms with van der Waals surface area (Å²) < 4.78 is 1.71. The molecule has 2 rings (SSSR count). The van der Waals surface area contributed by atoms with E-state index in [0.717, 1.165) is 25.6 Å². The molecule has 1 aromatic heterocycles. The third-order valence-electron chi connectivity index (χ3n) is 3.88. The number of rotatable bonds is 3. The fraction of sp³-hybridized carbons (Fsp3) is 0.643. The van der Waals surface area contributed by atoms with Gasteiger partial charge in [0.2, 0.25) is 0 Å². The smallest absolute Gasteiger partial charge is 0.250 e. The Morgan fingerprint density at radius 1 is 1.28 bits per heavy atom. The molecule has 1 fully saturated rings. The first-order valence-corrected chi connectivity index (χ1v) is 6.76. The van der Waals surface area contributed by atoms with E-state index in [0.29, 0.717) is 11.7 Å². The SMILES string of the molecule is CC1CCC(C)N(CCn2cc(N)ccc2=O)C1. The first kappa shape index (κ1) is 13.1. The summed E-state index contributed by atoms with van der Waals surface area (Å²) in [4.78, 5) is 14.2. The maximum Gasteiger partial charge on any atom is 0.250 e. The Hall–Kier alpha value is -1.29. The van der Waals surface area contributed by atoms with Crippen LogP contribution in [0.1, 0.15) is 26.7 Å². The Morgan fingerprint density at radius 3 is 2.83 bits per heavy atom. The van der Waals surface area contributed by atoms with E-state index in [1.165, 1.54) is 18.9 Å². The molecule has 1 aliphatic heterocycles. The molecule has 0 saturated carbocycles. The topological polar surface area (TPSA) is 51.3 Å². The standard InChI is InChI=1S/C14H23N3O/c1-11-3-4-12(2)16(9-11)7-8-17-10-13(15)5-6-14(17)18/h5-6,10-12H,3-4,7-9,15H2,1-2H3. The van der Waals surface area contributed by atoms with Crippen LogP contribution in [0.5, 0.6) is 0 Å². The van der Waals surface area contributed by atoms with Crippen LogP contribution in [0, 0.1) is 5.92 Å². The number of nitrogen functional groups attached to an aromatic ring is 1. The zero-order chi connectivity index (χ0) is 13.1. The van der Waals surface area contributed by atoms with E-state index in [1.807, 2.05) is 0 Å². The first-order chi connectivity index (χ1) is 8.56. The van der Waals surface area contributed by atoms with Crippen LogP contribution in [0.3, 0.4) is 0 Å². The van der Waals surface area contributed by atoms with Gasteiger partial charge < -0.3 is 10.3 Å². The van der Waals surface area contributed by atoms with Crippen LogP contribution in [0.25, 0.3) is 0 Å². The van der Waals surface area contributed by atoms with Crippen molar-refractivity contribution < 1.29 is 0 Å². The van der Waals surface area contributed by atoms with E-state index in [1.54, 1.807) is 16.8 Å². The molecule has 1 aromatic rings.